The number of primary amides is 1. The summed E-state index contributed by atoms with van der Waals surface area (Å²) in [7, 11) is 0. The van der Waals surface area contributed by atoms with Gasteiger partial charge < -0.3 is 11.1 Å². The van der Waals surface area contributed by atoms with Crippen molar-refractivity contribution >= 4 is 70.7 Å². The quantitative estimate of drug-likeness (QED) is 0.684. The molecule has 0 bridgehead atoms. The van der Waals surface area contributed by atoms with E-state index in [-0.39, 0.29) is 0 Å². The number of hydrogen-bond donors (Lipinski definition) is 2. The second-order valence-electron chi connectivity index (χ2n) is 3.76. The van der Waals surface area contributed by atoms with Gasteiger partial charge in [-0.15, -0.1) is 11.3 Å². The van der Waals surface area contributed by atoms with Gasteiger partial charge in [0.15, 0.2) is 0 Å². The van der Waals surface area contributed by atoms with Gasteiger partial charge >= 0.3 is 0 Å². The fourth-order valence-corrected chi connectivity index (χ4v) is 3.91. The topological polar surface area (TPSA) is 55.1 Å². The van der Waals surface area contributed by atoms with E-state index in [1.54, 1.807) is 0 Å². The molecule has 3 nitrogen and oxygen atoms in total. The zero-order chi connectivity index (χ0) is 14.0. The molecule has 7 heteroatoms. The molecule has 2 aromatic rings. The number of nitrogens with two attached hydrogens (primary N) is 1. The Morgan fingerprint density at radius 3 is 2.32 bits per heavy atom. The van der Waals surface area contributed by atoms with Crippen molar-refractivity contribution in [3.63, 3.8) is 0 Å². The molecule has 0 aliphatic carbocycles. The maximum absolute atomic E-state index is 11.6. The highest BCUT2D eigenvalue weighted by atomic mass is 79.9. The number of anilines is 1. The number of amides is 1. The minimum Gasteiger partial charge on any atom is -0.369 e. The number of rotatable bonds is 4. The van der Waals surface area contributed by atoms with Crippen LogP contribution in [-0.2, 0) is 4.79 Å². The lowest BCUT2D eigenvalue weighted by molar-refractivity contribution is -0.118. The number of halogens is 3. The number of carbonyl (C=O) groups is 1. The van der Waals surface area contributed by atoms with Crippen molar-refractivity contribution in [2.24, 2.45) is 5.73 Å². The number of carbonyl (C=O) groups excluding carboxylic acids is 1. The summed E-state index contributed by atoms with van der Waals surface area (Å²) in [6, 6.07) is 8.92. The Morgan fingerprint density at radius 1 is 1.21 bits per heavy atom. The van der Waals surface area contributed by atoms with Crippen LogP contribution in [0.3, 0.4) is 0 Å². The summed E-state index contributed by atoms with van der Waals surface area (Å²) in [6.45, 7) is 0. The van der Waals surface area contributed by atoms with E-state index in [4.69, 9.17) is 5.73 Å². The highest BCUT2D eigenvalue weighted by Crippen LogP contribution is 2.36. The van der Waals surface area contributed by atoms with E-state index in [2.05, 4.69) is 53.1 Å². The largest absolute Gasteiger partial charge is 0.369 e. The Labute approximate surface area is 140 Å². The zero-order valence-corrected chi connectivity index (χ0v) is 15.1. The average Bonchev–Trinajstić information content (AvgIpc) is 2.68. The van der Waals surface area contributed by atoms with Gasteiger partial charge in [-0.1, -0.05) is 15.9 Å². The molecule has 0 saturated carbocycles. The molecule has 0 spiro atoms. The summed E-state index contributed by atoms with van der Waals surface area (Å²) >= 11 is 11.7. The molecule has 2 rings (SSSR count). The first-order valence-electron chi connectivity index (χ1n) is 5.23. The molecular weight excluding hydrogens is 460 g/mol. The second kappa shape index (κ2) is 6.39. The number of benzene rings is 1. The van der Waals surface area contributed by atoms with Crippen LogP contribution >= 0.6 is 59.1 Å². The molecule has 100 valence electrons. The second-order valence-corrected chi connectivity index (χ2v) is 7.93. The van der Waals surface area contributed by atoms with Gasteiger partial charge in [-0.05, 0) is 62.2 Å². The highest BCUT2D eigenvalue weighted by Gasteiger charge is 2.21. The van der Waals surface area contributed by atoms with Crippen LogP contribution in [-0.4, -0.2) is 5.91 Å². The van der Waals surface area contributed by atoms with Crippen molar-refractivity contribution in [2.75, 3.05) is 5.32 Å². The Morgan fingerprint density at radius 2 is 1.84 bits per heavy atom. The van der Waals surface area contributed by atoms with Crippen molar-refractivity contribution in [2.45, 2.75) is 6.04 Å². The minimum absolute atomic E-state index is 0.413. The third kappa shape index (κ3) is 3.81. The van der Waals surface area contributed by atoms with E-state index in [1.807, 2.05) is 30.3 Å². The first-order chi connectivity index (χ1) is 8.97. The maximum Gasteiger partial charge on any atom is 0.245 e. The van der Waals surface area contributed by atoms with Crippen LogP contribution in [0.2, 0.25) is 0 Å². The van der Waals surface area contributed by atoms with Gasteiger partial charge in [-0.25, -0.2) is 0 Å². The highest BCUT2D eigenvalue weighted by molar-refractivity contribution is 9.13. The lowest BCUT2D eigenvalue weighted by atomic mass is 10.2. The van der Waals surface area contributed by atoms with Crippen molar-refractivity contribution < 1.29 is 4.79 Å². The summed E-state index contributed by atoms with van der Waals surface area (Å²) in [5.74, 6) is -0.413. The van der Waals surface area contributed by atoms with Crippen molar-refractivity contribution in [3.8, 4) is 0 Å². The summed E-state index contributed by atoms with van der Waals surface area (Å²) < 4.78 is 2.83. The molecule has 1 amide bonds. The molecule has 1 heterocycles. The smallest absolute Gasteiger partial charge is 0.245 e. The third-order valence-corrected chi connectivity index (χ3v) is 6.24. The molecule has 0 aliphatic rings. The number of nitrogens with one attached hydrogen (secondary N) is 1. The van der Waals surface area contributed by atoms with E-state index in [0.717, 1.165) is 23.3 Å². The Kier molecular flexibility index (Phi) is 5.05. The zero-order valence-electron chi connectivity index (χ0n) is 9.49. The molecule has 19 heavy (non-hydrogen) atoms. The molecule has 1 aromatic carbocycles. The molecule has 3 N–H and O–H groups in total. The van der Waals surface area contributed by atoms with Gasteiger partial charge in [0.1, 0.15) is 6.04 Å². The first kappa shape index (κ1) is 15.0. The number of thiophene rings is 1. The standard InChI is InChI=1S/C12H9Br3N2OS/c13-6-1-3-7(4-2-6)17-10(12(16)18)9-5-8(14)11(15)19-9/h1-5,10,17H,(H2,16,18). The molecular formula is C12H9Br3N2OS. The van der Waals surface area contributed by atoms with Crippen LogP contribution in [0.15, 0.2) is 43.1 Å². The normalized spacial score (nSPS) is 12.2. The molecule has 0 radical (unpaired) electrons. The maximum atomic E-state index is 11.6. The minimum atomic E-state index is -0.547. The first-order valence-corrected chi connectivity index (χ1v) is 8.43. The van der Waals surface area contributed by atoms with Crippen LogP contribution in [0.5, 0.6) is 0 Å². The summed E-state index contributed by atoms with van der Waals surface area (Å²) in [5.41, 5.74) is 6.31. The summed E-state index contributed by atoms with van der Waals surface area (Å²) in [6.07, 6.45) is 0. The predicted octanol–water partition coefficient (Wildman–Crippen LogP) is 4.67. The van der Waals surface area contributed by atoms with Crippen LogP contribution in [0.25, 0.3) is 0 Å². The Bertz CT molecular complexity index is 578. The van der Waals surface area contributed by atoms with Crippen molar-refractivity contribution in [1.29, 1.82) is 0 Å². The van der Waals surface area contributed by atoms with E-state index in [9.17, 15) is 4.79 Å². The van der Waals surface area contributed by atoms with Crippen LogP contribution in [0, 0.1) is 0 Å². The van der Waals surface area contributed by atoms with Gasteiger partial charge in [0.2, 0.25) is 5.91 Å². The lowest BCUT2D eigenvalue weighted by Crippen LogP contribution is -2.26. The molecule has 0 aliphatic heterocycles. The fraction of sp³-hybridized carbons (Fsp3) is 0.0833. The van der Waals surface area contributed by atoms with E-state index in [1.165, 1.54) is 11.3 Å². The van der Waals surface area contributed by atoms with Gasteiger partial charge in [0.25, 0.3) is 0 Å². The Hall–Kier alpha value is -0.370. The number of hydrogen-bond acceptors (Lipinski definition) is 3. The molecule has 1 atom stereocenters. The lowest BCUT2D eigenvalue weighted by Gasteiger charge is -2.15. The third-order valence-electron chi connectivity index (χ3n) is 2.39. The van der Waals surface area contributed by atoms with E-state index < -0.39 is 11.9 Å². The SMILES string of the molecule is NC(=O)C(Nc1ccc(Br)cc1)c1cc(Br)c(Br)s1. The van der Waals surface area contributed by atoms with Crippen molar-refractivity contribution in [1.82, 2.24) is 0 Å². The summed E-state index contributed by atoms with van der Waals surface area (Å²) in [5, 5.41) is 3.14. The Balaban J connectivity index is 2.26. The van der Waals surface area contributed by atoms with Crippen LogP contribution in [0.4, 0.5) is 5.69 Å². The van der Waals surface area contributed by atoms with E-state index in [0.29, 0.717) is 0 Å². The van der Waals surface area contributed by atoms with Crippen LogP contribution < -0.4 is 11.1 Å². The molecule has 1 aromatic heterocycles. The van der Waals surface area contributed by atoms with Gasteiger partial charge in [0.05, 0.1) is 3.79 Å². The average molecular weight is 469 g/mol. The van der Waals surface area contributed by atoms with Gasteiger partial charge in [-0.2, -0.15) is 0 Å². The summed E-state index contributed by atoms with van der Waals surface area (Å²) in [4.78, 5) is 12.5. The van der Waals surface area contributed by atoms with Gasteiger partial charge in [-0.3, -0.25) is 4.79 Å². The predicted molar refractivity (Wildman–Crippen MR) is 89.4 cm³/mol. The molecule has 0 fully saturated rings. The van der Waals surface area contributed by atoms with E-state index >= 15 is 0 Å². The fourth-order valence-electron chi connectivity index (χ4n) is 1.50. The van der Waals surface area contributed by atoms with Crippen LogP contribution in [0.1, 0.15) is 10.9 Å². The van der Waals surface area contributed by atoms with Gasteiger partial charge in [0, 0.05) is 19.5 Å². The monoisotopic (exact) mass is 466 g/mol. The molecule has 0 saturated heterocycles. The van der Waals surface area contributed by atoms with Crippen molar-refractivity contribution in [3.05, 3.63) is 47.9 Å². The molecule has 1 unspecified atom stereocenters.